The van der Waals surface area contributed by atoms with Crippen LogP contribution in [-0.2, 0) is 9.53 Å². The number of para-hydroxylation sites is 2. The maximum absolute atomic E-state index is 12.0. The van der Waals surface area contributed by atoms with Gasteiger partial charge in [0.25, 0.3) is 0 Å². The number of hydrogen-bond acceptors (Lipinski definition) is 5. The lowest BCUT2D eigenvalue weighted by atomic mass is 9.96. The Hall–Kier alpha value is -2.37. The molecule has 1 heterocycles. The van der Waals surface area contributed by atoms with Gasteiger partial charge in [-0.05, 0) is 24.6 Å². The highest BCUT2D eigenvalue weighted by molar-refractivity contribution is 5.73. The predicted octanol–water partition coefficient (Wildman–Crippen LogP) is 2.63. The fourth-order valence-corrected chi connectivity index (χ4v) is 3.26. The molecule has 0 aromatic heterocycles. The third-order valence-electron chi connectivity index (χ3n) is 4.63. The fourth-order valence-electron chi connectivity index (χ4n) is 3.26. The summed E-state index contributed by atoms with van der Waals surface area (Å²) in [5.74, 6) is 0. The summed E-state index contributed by atoms with van der Waals surface area (Å²) in [6, 6.07) is 15.4. The van der Waals surface area contributed by atoms with Crippen molar-refractivity contribution in [3.8, 4) is 0 Å². The van der Waals surface area contributed by atoms with Gasteiger partial charge in [0.2, 0.25) is 0 Å². The van der Waals surface area contributed by atoms with Crippen molar-refractivity contribution in [1.29, 1.82) is 0 Å². The van der Waals surface area contributed by atoms with Gasteiger partial charge < -0.3 is 20.6 Å². The number of nitrogens with one attached hydrogen (secondary N) is 1. The first kappa shape index (κ1) is 17.5. The van der Waals surface area contributed by atoms with Gasteiger partial charge in [-0.25, -0.2) is 0 Å². The van der Waals surface area contributed by atoms with Crippen molar-refractivity contribution in [2.24, 2.45) is 0 Å². The van der Waals surface area contributed by atoms with Crippen molar-refractivity contribution in [2.75, 3.05) is 37.4 Å². The summed E-state index contributed by atoms with van der Waals surface area (Å²) < 4.78 is 5.49. The van der Waals surface area contributed by atoms with E-state index in [1.54, 1.807) is 0 Å². The molecule has 5 nitrogen and oxygen atoms in total. The molecular formula is C20H25N3O2. The number of benzene rings is 2. The van der Waals surface area contributed by atoms with Gasteiger partial charge in [-0.15, -0.1) is 0 Å². The Morgan fingerprint density at radius 3 is 2.44 bits per heavy atom. The van der Waals surface area contributed by atoms with Gasteiger partial charge in [0.1, 0.15) is 12.3 Å². The summed E-state index contributed by atoms with van der Waals surface area (Å²) in [7, 11) is 0. The molecule has 0 aliphatic carbocycles. The Kier molecular flexibility index (Phi) is 5.68. The average molecular weight is 339 g/mol. The Morgan fingerprint density at radius 1 is 1.12 bits per heavy atom. The first-order chi connectivity index (χ1) is 12.2. The quantitative estimate of drug-likeness (QED) is 0.625. The normalized spacial score (nSPS) is 17.6. The molecule has 2 unspecified atom stereocenters. The molecule has 3 rings (SSSR count). The van der Waals surface area contributed by atoms with Crippen LogP contribution in [-0.4, -0.2) is 43.5 Å². The lowest BCUT2D eigenvalue weighted by Gasteiger charge is -2.38. The second kappa shape index (κ2) is 8.14. The molecule has 1 fully saturated rings. The number of nitrogens with two attached hydrogens (primary N) is 1. The van der Waals surface area contributed by atoms with Gasteiger partial charge >= 0.3 is 0 Å². The number of rotatable bonds is 6. The van der Waals surface area contributed by atoms with E-state index in [9.17, 15) is 4.79 Å². The highest BCUT2D eigenvalue weighted by atomic mass is 16.5. The molecule has 25 heavy (non-hydrogen) atoms. The first-order valence-electron chi connectivity index (χ1n) is 8.64. The van der Waals surface area contributed by atoms with Crippen LogP contribution in [0.5, 0.6) is 0 Å². The monoisotopic (exact) mass is 339 g/mol. The van der Waals surface area contributed by atoms with E-state index in [0.29, 0.717) is 18.9 Å². The fraction of sp³-hybridized carbons (Fsp3) is 0.350. The van der Waals surface area contributed by atoms with Gasteiger partial charge in [-0.1, -0.05) is 42.0 Å². The van der Waals surface area contributed by atoms with Gasteiger partial charge in [0.15, 0.2) is 0 Å². The van der Waals surface area contributed by atoms with Gasteiger partial charge in [0.05, 0.1) is 30.6 Å². The van der Waals surface area contributed by atoms with E-state index in [0.717, 1.165) is 30.6 Å². The largest absolute Gasteiger partial charge is 0.397 e. The molecule has 2 atom stereocenters. The second-order valence-electron chi connectivity index (χ2n) is 6.40. The molecular weight excluding hydrogens is 314 g/mol. The van der Waals surface area contributed by atoms with Crippen LogP contribution in [0.25, 0.3) is 0 Å². The van der Waals surface area contributed by atoms with Gasteiger partial charge in [-0.3, -0.25) is 4.90 Å². The van der Waals surface area contributed by atoms with Crippen molar-refractivity contribution >= 4 is 17.7 Å². The number of hydrogen-bond donors (Lipinski definition) is 2. The van der Waals surface area contributed by atoms with E-state index in [4.69, 9.17) is 10.5 Å². The minimum atomic E-state index is -0.398. The molecule has 0 saturated carbocycles. The van der Waals surface area contributed by atoms with Crippen LogP contribution in [0.3, 0.4) is 0 Å². The van der Waals surface area contributed by atoms with E-state index in [2.05, 4.69) is 41.4 Å². The average Bonchev–Trinajstić information content (AvgIpc) is 2.65. The molecule has 5 heteroatoms. The van der Waals surface area contributed by atoms with Crippen molar-refractivity contribution in [2.45, 2.75) is 19.0 Å². The molecule has 2 aromatic rings. The molecule has 0 radical (unpaired) electrons. The van der Waals surface area contributed by atoms with Gasteiger partial charge in [-0.2, -0.15) is 0 Å². The number of nitrogen functional groups attached to an aromatic ring is 1. The van der Waals surface area contributed by atoms with Crippen molar-refractivity contribution in [3.05, 3.63) is 59.7 Å². The number of carbonyl (C=O) groups excluding carboxylic acids is 1. The molecule has 0 amide bonds. The Bertz CT molecular complexity index is 696. The molecule has 2 aromatic carbocycles. The summed E-state index contributed by atoms with van der Waals surface area (Å²) in [4.78, 5) is 14.3. The zero-order chi connectivity index (χ0) is 17.6. The van der Waals surface area contributed by atoms with Crippen LogP contribution in [0.1, 0.15) is 17.2 Å². The third kappa shape index (κ3) is 4.18. The van der Waals surface area contributed by atoms with Crippen LogP contribution < -0.4 is 11.1 Å². The summed E-state index contributed by atoms with van der Waals surface area (Å²) in [5, 5.41) is 3.33. The maximum atomic E-state index is 12.0. The van der Waals surface area contributed by atoms with Crippen LogP contribution in [0.2, 0.25) is 0 Å². The summed E-state index contributed by atoms with van der Waals surface area (Å²) >= 11 is 0. The highest BCUT2D eigenvalue weighted by Crippen LogP contribution is 2.29. The van der Waals surface area contributed by atoms with Crippen molar-refractivity contribution in [3.63, 3.8) is 0 Å². The van der Waals surface area contributed by atoms with Crippen LogP contribution >= 0.6 is 0 Å². The molecule has 3 N–H and O–H groups in total. The third-order valence-corrected chi connectivity index (χ3v) is 4.63. The maximum Gasteiger partial charge on any atom is 0.144 e. The van der Waals surface area contributed by atoms with Crippen molar-refractivity contribution < 1.29 is 9.53 Å². The second-order valence-corrected chi connectivity index (χ2v) is 6.40. The Labute approximate surface area is 148 Å². The summed E-state index contributed by atoms with van der Waals surface area (Å²) in [6.07, 6.45) is 0.979. The van der Waals surface area contributed by atoms with E-state index < -0.39 is 6.04 Å². The molecule has 0 bridgehead atoms. The van der Waals surface area contributed by atoms with E-state index in [1.807, 2.05) is 24.3 Å². The number of nitrogens with zero attached hydrogens (tertiary/aromatic N) is 1. The molecule has 1 aliphatic rings. The topological polar surface area (TPSA) is 67.6 Å². The lowest BCUT2D eigenvalue weighted by Crippen LogP contribution is -2.46. The molecule has 0 spiro atoms. The summed E-state index contributed by atoms with van der Waals surface area (Å²) in [5.41, 5.74) is 9.79. The predicted molar refractivity (Wildman–Crippen MR) is 101 cm³/mol. The minimum Gasteiger partial charge on any atom is -0.397 e. The number of aldehydes is 1. The minimum absolute atomic E-state index is 0.0680. The van der Waals surface area contributed by atoms with Gasteiger partial charge in [0, 0.05) is 13.1 Å². The van der Waals surface area contributed by atoms with Crippen LogP contribution in [0.15, 0.2) is 48.5 Å². The molecule has 1 saturated heterocycles. The Morgan fingerprint density at radius 2 is 1.80 bits per heavy atom. The number of carbonyl (C=O) groups is 1. The van der Waals surface area contributed by atoms with E-state index in [-0.39, 0.29) is 6.04 Å². The smallest absolute Gasteiger partial charge is 0.144 e. The zero-order valence-corrected chi connectivity index (χ0v) is 14.5. The number of anilines is 2. The molecule has 132 valence electrons. The zero-order valence-electron chi connectivity index (χ0n) is 14.5. The number of aryl methyl sites for hydroxylation is 1. The summed E-state index contributed by atoms with van der Waals surface area (Å²) in [6.45, 7) is 5.03. The van der Waals surface area contributed by atoms with E-state index >= 15 is 0 Å². The van der Waals surface area contributed by atoms with Crippen LogP contribution in [0.4, 0.5) is 11.4 Å². The van der Waals surface area contributed by atoms with Crippen molar-refractivity contribution in [1.82, 2.24) is 4.90 Å². The SMILES string of the molecule is Cc1ccc(C(C(C=O)Nc2ccccc2N)N2CCOCC2)cc1. The molecule has 1 aliphatic heterocycles. The Balaban J connectivity index is 1.91. The van der Waals surface area contributed by atoms with E-state index in [1.165, 1.54) is 5.56 Å². The number of ether oxygens (including phenoxy) is 1. The van der Waals surface area contributed by atoms with Crippen LogP contribution in [0, 0.1) is 6.92 Å². The standard InChI is InChI=1S/C20H25N3O2/c1-15-6-8-16(9-7-15)20(23-10-12-25-13-11-23)19(14-24)22-18-5-3-2-4-17(18)21/h2-9,14,19-20,22H,10-13,21H2,1H3. The highest BCUT2D eigenvalue weighted by Gasteiger charge is 2.30. The first-order valence-corrected chi connectivity index (χ1v) is 8.64. The number of morpholine rings is 1. The lowest BCUT2D eigenvalue weighted by molar-refractivity contribution is -0.110.